The molecule has 0 atom stereocenters. The fourth-order valence-electron chi connectivity index (χ4n) is 2.55. The van der Waals surface area contributed by atoms with Gasteiger partial charge in [-0.25, -0.2) is 4.98 Å². The molecule has 23 heavy (non-hydrogen) atoms. The molecule has 0 fully saturated rings. The Morgan fingerprint density at radius 2 is 1.87 bits per heavy atom. The number of ketones is 1. The van der Waals surface area contributed by atoms with Crippen LogP contribution in [-0.2, 0) is 16.0 Å². The standard InChI is InChI=1S/C17H11N3O3/c21-13-9-11-15(6-8-19-16(11)20-17(13)22)23-14-5-1-4-12-10(14)3-2-7-18-12/h1-8H,9H2,(H,19,20,22). The number of amides is 1. The van der Waals surface area contributed by atoms with Crippen molar-refractivity contribution in [2.75, 3.05) is 5.32 Å². The van der Waals surface area contributed by atoms with E-state index >= 15 is 0 Å². The fraction of sp³-hybridized carbons (Fsp3) is 0.0588. The highest BCUT2D eigenvalue weighted by Crippen LogP contribution is 2.34. The number of fused-ring (bicyclic) bond motifs is 2. The third-order valence-corrected chi connectivity index (χ3v) is 3.66. The summed E-state index contributed by atoms with van der Waals surface area (Å²) in [6.07, 6.45) is 3.23. The first-order chi connectivity index (χ1) is 11.2. The molecule has 1 aromatic carbocycles. The van der Waals surface area contributed by atoms with E-state index in [1.165, 1.54) is 6.20 Å². The zero-order valence-electron chi connectivity index (χ0n) is 11.9. The molecular formula is C17H11N3O3. The predicted molar refractivity (Wildman–Crippen MR) is 83.4 cm³/mol. The molecule has 4 rings (SSSR count). The molecule has 3 heterocycles. The lowest BCUT2D eigenvalue weighted by Gasteiger charge is -2.18. The number of nitrogens with one attached hydrogen (secondary N) is 1. The molecule has 6 heteroatoms. The maximum absolute atomic E-state index is 11.7. The van der Waals surface area contributed by atoms with Crippen LogP contribution in [0.4, 0.5) is 5.82 Å². The third kappa shape index (κ3) is 2.30. The van der Waals surface area contributed by atoms with Gasteiger partial charge < -0.3 is 10.1 Å². The Kier molecular flexibility index (Phi) is 3.01. The maximum atomic E-state index is 11.7. The fourth-order valence-corrected chi connectivity index (χ4v) is 2.55. The molecule has 0 bridgehead atoms. The zero-order chi connectivity index (χ0) is 15.8. The van der Waals surface area contributed by atoms with Gasteiger partial charge in [-0.15, -0.1) is 0 Å². The van der Waals surface area contributed by atoms with Gasteiger partial charge in [0.15, 0.2) is 0 Å². The van der Waals surface area contributed by atoms with E-state index in [0.29, 0.717) is 22.9 Å². The summed E-state index contributed by atoms with van der Waals surface area (Å²) in [6, 6.07) is 11.0. The molecule has 1 N–H and O–H groups in total. The molecule has 6 nitrogen and oxygen atoms in total. The van der Waals surface area contributed by atoms with Crippen molar-refractivity contribution in [2.45, 2.75) is 6.42 Å². The summed E-state index contributed by atoms with van der Waals surface area (Å²) in [5, 5.41) is 3.35. The van der Waals surface area contributed by atoms with Crippen LogP contribution >= 0.6 is 0 Å². The highest BCUT2D eigenvalue weighted by atomic mass is 16.5. The van der Waals surface area contributed by atoms with Gasteiger partial charge in [0.25, 0.3) is 5.91 Å². The Balaban J connectivity index is 1.79. The van der Waals surface area contributed by atoms with Gasteiger partial charge in [-0.2, -0.15) is 0 Å². The lowest BCUT2D eigenvalue weighted by Crippen LogP contribution is -2.30. The van der Waals surface area contributed by atoms with E-state index in [0.717, 1.165) is 10.9 Å². The minimum absolute atomic E-state index is 0.0205. The Morgan fingerprint density at radius 1 is 0.957 bits per heavy atom. The van der Waals surface area contributed by atoms with Crippen LogP contribution in [0.1, 0.15) is 5.56 Å². The molecule has 0 unspecified atom stereocenters. The van der Waals surface area contributed by atoms with Crippen LogP contribution in [0.5, 0.6) is 11.5 Å². The monoisotopic (exact) mass is 305 g/mol. The highest BCUT2D eigenvalue weighted by molar-refractivity contribution is 6.42. The Morgan fingerprint density at radius 3 is 2.78 bits per heavy atom. The van der Waals surface area contributed by atoms with Crippen molar-refractivity contribution in [3.8, 4) is 11.5 Å². The van der Waals surface area contributed by atoms with Crippen molar-refractivity contribution in [1.82, 2.24) is 9.97 Å². The van der Waals surface area contributed by atoms with Crippen LogP contribution in [0.25, 0.3) is 10.9 Å². The molecule has 2 aromatic heterocycles. The summed E-state index contributed by atoms with van der Waals surface area (Å²) in [6.45, 7) is 0. The summed E-state index contributed by atoms with van der Waals surface area (Å²) >= 11 is 0. The minimum Gasteiger partial charge on any atom is -0.456 e. The predicted octanol–water partition coefficient (Wildman–Crippen LogP) is 2.49. The number of nitrogens with zero attached hydrogens (tertiary/aromatic N) is 2. The van der Waals surface area contributed by atoms with Crippen LogP contribution in [-0.4, -0.2) is 21.7 Å². The number of aromatic nitrogens is 2. The van der Waals surface area contributed by atoms with E-state index in [4.69, 9.17) is 4.74 Å². The van der Waals surface area contributed by atoms with Crippen molar-refractivity contribution in [2.24, 2.45) is 0 Å². The van der Waals surface area contributed by atoms with E-state index < -0.39 is 11.7 Å². The molecule has 0 spiro atoms. The Hall–Kier alpha value is -3.28. The van der Waals surface area contributed by atoms with Crippen molar-refractivity contribution in [3.63, 3.8) is 0 Å². The Bertz CT molecular complexity index is 947. The number of anilines is 1. The van der Waals surface area contributed by atoms with Crippen LogP contribution in [0.3, 0.4) is 0 Å². The normalized spacial score (nSPS) is 13.6. The summed E-state index contributed by atoms with van der Waals surface area (Å²) in [5.74, 6) is 0.352. The molecule has 1 aliphatic rings. The smallest absolute Gasteiger partial charge is 0.293 e. The quantitative estimate of drug-likeness (QED) is 0.736. The number of benzene rings is 1. The lowest BCUT2D eigenvalue weighted by molar-refractivity contribution is -0.134. The molecule has 3 aromatic rings. The second-order valence-electron chi connectivity index (χ2n) is 5.12. The zero-order valence-corrected chi connectivity index (χ0v) is 11.9. The van der Waals surface area contributed by atoms with Gasteiger partial charge in [0.1, 0.15) is 17.3 Å². The van der Waals surface area contributed by atoms with Crippen LogP contribution in [0, 0.1) is 0 Å². The van der Waals surface area contributed by atoms with E-state index in [1.54, 1.807) is 12.3 Å². The van der Waals surface area contributed by atoms with Gasteiger partial charge in [-0.3, -0.25) is 14.6 Å². The van der Waals surface area contributed by atoms with E-state index in [9.17, 15) is 9.59 Å². The molecule has 0 aliphatic carbocycles. The summed E-state index contributed by atoms with van der Waals surface area (Å²) < 4.78 is 5.99. The molecule has 112 valence electrons. The first-order valence-corrected chi connectivity index (χ1v) is 7.06. The van der Waals surface area contributed by atoms with Crippen molar-refractivity contribution >= 4 is 28.4 Å². The number of pyridine rings is 2. The summed E-state index contributed by atoms with van der Waals surface area (Å²) in [7, 11) is 0. The topological polar surface area (TPSA) is 81.2 Å². The van der Waals surface area contributed by atoms with Gasteiger partial charge in [-0.05, 0) is 30.3 Å². The summed E-state index contributed by atoms with van der Waals surface area (Å²) in [5.41, 5.74) is 1.40. The van der Waals surface area contributed by atoms with Crippen LogP contribution < -0.4 is 10.1 Å². The highest BCUT2D eigenvalue weighted by Gasteiger charge is 2.27. The lowest BCUT2D eigenvalue weighted by atomic mass is 10.0. The largest absolute Gasteiger partial charge is 0.456 e. The van der Waals surface area contributed by atoms with Crippen LogP contribution in [0.15, 0.2) is 48.8 Å². The van der Waals surface area contributed by atoms with Gasteiger partial charge in [0, 0.05) is 29.8 Å². The molecule has 0 saturated carbocycles. The molecule has 0 saturated heterocycles. The average molecular weight is 305 g/mol. The first-order valence-electron chi connectivity index (χ1n) is 7.06. The third-order valence-electron chi connectivity index (χ3n) is 3.66. The van der Waals surface area contributed by atoms with Crippen molar-refractivity contribution < 1.29 is 14.3 Å². The van der Waals surface area contributed by atoms with Crippen molar-refractivity contribution in [1.29, 1.82) is 0 Å². The number of hydrogen-bond donors (Lipinski definition) is 1. The first kappa shape index (κ1) is 13.4. The number of Topliss-reactive ketones (excluding diaryl/α,β-unsaturated/α-hetero) is 1. The molecular weight excluding hydrogens is 294 g/mol. The van der Waals surface area contributed by atoms with Gasteiger partial charge in [0.05, 0.1) is 5.52 Å². The molecule has 0 radical (unpaired) electrons. The SMILES string of the molecule is O=C1Cc2c(Oc3cccc4ncccc34)ccnc2NC1=O. The second-order valence-corrected chi connectivity index (χ2v) is 5.12. The molecule has 1 amide bonds. The number of carbonyl (C=O) groups is 2. The number of rotatable bonds is 2. The van der Waals surface area contributed by atoms with E-state index in [-0.39, 0.29) is 6.42 Å². The maximum Gasteiger partial charge on any atom is 0.293 e. The Labute approximate surface area is 131 Å². The van der Waals surface area contributed by atoms with E-state index in [2.05, 4.69) is 15.3 Å². The minimum atomic E-state index is -0.642. The van der Waals surface area contributed by atoms with Gasteiger partial charge in [-0.1, -0.05) is 6.07 Å². The summed E-state index contributed by atoms with van der Waals surface area (Å²) in [4.78, 5) is 31.5. The van der Waals surface area contributed by atoms with Crippen molar-refractivity contribution in [3.05, 3.63) is 54.4 Å². The number of hydrogen-bond acceptors (Lipinski definition) is 5. The van der Waals surface area contributed by atoms with Gasteiger partial charge in [0.2, 0.25) is 5.78 Å². The van der Waals surface area contributed by atoms with Crippen LogP contribution in [0.2, 0.25) is 0 Å². The average Bonchev–Trinajstić information content (AvgIpc) is 2.57. The van der Waals surface area contributed by atoms with Gasteiger partial charge >= 0.3 is 0 Å². The number of carbonyl (C=O) groups excluding carboxylic acids is 2. The molecule has 1 aliphatic heterocycles. The number of ether oxygens (including phenoxy) is 1. The van der Waals surface area contributed by atoms with E-state index in [1.807, 2.05) is 30.3 Å². The second kappa shape index (κ2) is 5.17.